The third-order valence-electron chi connectivity index (χ3n) is 19.7. The quantitative estimate of drug-likeness (QED) is 0.0378. The molecule has 3 nitrogen and oxygen atoms in total. The lowest BCUT2D eigenvalue weighted by atomic mass is 9.74. The second-order valence-electron chi connectivity index (χ2n) is 25.8. The summed E-state index contributed by atoms with van der Waals surface area (Å²) >= 11 is 0. The Hall–Kier alpha value is -0.260. The van der Waals surface area contributed by atoms with E-state index >= 15 is 0 Å². The Morgan fingerprint density at radius 1 is 0.562 bits per heavy atom. The molecule has 0 aliphatic heterocycles. The van der Waals surface area contributed by atoms with Gasteiger partial charge in [0.2, 0.25) is 0 Å². The van der Waals surface area contributed by atoms with Gasteiger partial charge in [-0.2, -0.15) is 0 Å². The van der Waals surface area contributed by atoms with Crippen LogP contribution in [-0.2, 0) is 9.59 Å². The van der Waals surface area contributed by atoms with Crippen LogP contribution in [0.2, 0.25) is 0 Å². The van der Waals surface area contributed by atoms with Gasteiger partial charge >= 0.3 is 0 Å². The number of fused-ring (bicyclic) bond motifs is 1. The maximum Gasteiger partial charge on any atom is 0.147 e. The Kier molecular flexibility index (Phi) is 42.0. The molecule has 0 heterocycles. The van der Waals surface area contributed by atoms with Gasteiger partial charge in [0, 0.05) is 23.8 Å². The average Bonchev–Trinajstić information content (AvgIpc) is 3.41. The number of unbranched alkanes of at least 4 members (excludes halogenated alkanes) is 7. The SMILES string of the molecule is CCCCCC(C)C(CCCCC(=O)C(C)CSSCC(N)C(C)=O)CCCC(CCC1CCCC2C/C=C(/CCCCCC(CCCCC)C(C)CCC)CCCCCC[C@@H]2CCCCCC1C)C(C)CC. The first-order valence-electron chi connectivity index (χ1n) is 33.1. The van der Waals surface area contributed by atoms with Crippen molar-refractivity contribution in [1.82, 2.24) is 0 Å². The molecule has 430 valence electrons. The fraction of sp³-hybridized carbons (Fsp3) is 0.941. The summed E-state index contributed by atoms with van der Waals surface area (Å²) in [6, 6.07) is -0.399. The summed E-state index contributed by atoms with van der Waals surface area (Å²) in [5.41, 5.74) is 7.75. The minimum absolute atomic E-state index is 0.0372. The first-order valence-corrected chi connectivity index (χ1v) is 35.5. The third-order valence-corrected chi connectivity index (χ3v) is 22.3. The molecule has 2 aliphatic carbocycles. The molecule has 11 unspecified atom stereocenters. The van der Waals surface area contributed by atoms with Crippen molar-refractivity contribution in [3.05, 3.63) is 11.6 Å². The number of carbonyl (C=O) groups excluding carboxylic acids is 2. The van der Waals surface area contributed by atoms with E-state index in [0.717, 1.165) is 71.4 Å². The predicted octanol–water partition coefficient (Wildman–Crippen LogP) is 22.4. The van der Waals surface area contributed by atoms with Crippen molar-refractivity contribution in [2.24, 2.45) is 70.8 Å². The normalized spacial score (nSPS) is 24.0. The molecule has 0 aromatic rings. The van der Waals surface area contributed by atoms with E-state index in [1.54, 1.807) is 28.5 Å². The Labute approximate surface area is 466 Å². The van der Waals surface area contributed by atoms with Crippen molar-refractivity contribution < 1.29 is 9.59 Å². The Balaban J connectivity index is 2.02. The molecule has 0 radical (unpaired) electrons. The number of carbonyl (C=O) groups is 2. The van der Waals surface area contributed by atoms with Crippen LogP contribution < -0.4 is 5.73 Å². The van der Waals surface area contributed by atoms with Crippen LogP contribution in [0.4, 0.5) is 0 Å². The largest absolute Gasteiger partial charge is 0.321 e. The molecule has 2 N–H and O–H groups in total. The molecule has 73 heavy (non-hydrogen) atoms. The van der Waals surface area contributed by atoms with Crippen molar-refractivity contribution in [2.45, 2.75) is 332 Å². The van der Waals surface area contributed by atoms with Gasteiger partial charge in [-0.1, -0.05) is 288 Å². The first-order chi connectivity index (χ1) is 35.3. The van der Waals surface area contributed by atoms with Crippen LogP contribution in [0.1, 0.15) is 326 Å². The molecule has 0 bridgehead atoms. The van der Waals surface area contributed by atoms with Gasteiger partial charge in [-0.05, 0) is 124 Å². The summed E-state index contributed by atoms with van der Waals surface area (Å²) in [7, 11) is 3.33. The summed E-state index contributed by atoms with van der Waals surface area (Å²) in [6.07, 6.45) is 58.2. The monoisotopic (exact) mass is 1060 g/mol. The Morgan fingerprint density at radius 2 is 1.12 bits per heavy atom. The second-order valence-corrected chi connectivity index (χ2v) is 28.3. The van der Waals surface area contributed by atoms with E-state index in [-0.39, 0.29) is 11.7 Å². The predicted molar refractivity (Wildman–Crippen MR) is 331 cm³/mol. The van der Waals surface area contributed by atoms with Crippen molar-refractivity contribution in [3.8, 4) is 0 Å². The summed E-state index contributed by atoms with van der Waals surface area (Å²) in [4.78, 5) is 24.6. The fourth-order valence-corrected chi connectivity index (χ4v) is 16.4. The van der Waals surface area contributed by atoms with Crippen molar-refractivity contribution in [2.75, 3.05) is 11.5 Å². The standard InChI is InChI=1S/C68H129NO2S2/c1-11-15-21-34-56(7)62(40-29-30-47-68(71)58(9)52-72-73-53-67(69)59(10)70)43-31-44-63(54(5)14-4)50-51-64-45-32-46-66-49-48-60(36-24-17-18-26-41-65(66)42-28-19-23-35-57(64)8)37-25-20-27-39-61(38-22-16-12-2)55(6)33-13-3/h48,54-58,61-67H,11-47,49-53,69H2,1-10H3/b60-48+/t54?,55?,56?,57?,58?,61?,62?,63?,64?,65-,66?,67?/m1/s1. The van der Waals surface area contributed by atoms with E-state index in [4.69, 9.17) is 5.73 Å². The molecule has 0 spiro atoms. The molecule has 0 amide bonds. The lowest BCUT2D eigenvalue weighted by Gasteiger charge is -2.32. The maximum absolute atomic E-state index is 13.1. The van der Waals surface area contributed by atoms with Crippen LogP contribution in [0.15, 0.2) is 11.6 Å². The van der Waals surface area contributed by atoms with Gasteiger partial charge in [0.25, 0.3) is 0 Å². The Bertz CT molecular complexity index is 1350. The van der Waals surface area contributed by atoms with Crippen LogP contribution in [0.5, 0.6) is 0 Å². The van der Waals surface area contributed by atoms with Gasteiger partial charge in [0.05, 0.1) is 6.04 Å². The zero-order chi connectivity index (χ0) is 53.5. The van der Waals surface area contributed by atoms with Gasteiger partial charge < -0.3 is 5.73 Å². The number of ketones is 2. The van der Waals surface area contributed by atoms with Gasteiger partial charge in [0.15, 0.2) is 0 Å². The van der Waals surface area contributed by atoms with E-state index in [1.807, 2.05) is 5.57 Å². The number of hydrogen-bond donors (Lipinski definition) is 1. The van der Waals surface area contributed by atoms with Crippen LogP contribution in [0.3, 0.4) is 0 Å². The Morgan fingerprint density at radius 3 is 1.78 bits per heavy atom. The van der Waals surface area contributed by atoms with Crippen molar-refractivity contribution in [1.29, 1.82) is 0 Å². The topological polar surface area (TPSA) is 60.2 Å². The second kappa shape index (κ2) is 44.6. The van der Waals surface area contributed by atoms with Crippen LogP contribution in [-0.4, -0.2) is 29.1 Å². The number of allylic oxidation sites excluding steroid dienone is 2. The van der Waals surface area contributed by atoms with Gasteiger partial charge in [-0.25, -0.2) is 0 Å². The van der Waals surface area contributed by atoms with Crippen molar-refractivity contribution >= 4 is 33.2 Å². The molecular weight excluding hydrogens is 927 g/mol. The lowest BCUT2D eigenvalue weighted by molar-refractivity contribution is -0.122. The summed E-state index contributed by atoms with van der Waals surface area (Å²) in [6.45, 7) is 23.5. The summed E-state index contributed by atoms with van der Waals surface area (Å²) < 4.78 is 0. The van der Waals surface area contributed by atoms with E-state index in [1.165, 1.54) is 244 Å². The summed E-state index contributed by atoms with van der Waals surface area (Å²) in [5, 5.41) is 0. The molecule has 2 aliphatic rings. The highest BCUT2D eigenvalue weighted by atomic mass is 33.1. The van der Waals surface area contributed by atoms with E-state index in [0.29, 0.717) is 18.0 Å². The molecule has 5 heteroatoms. The van der Waals surface area contributed by atoms with E-state index < -0.39 is 6.04 Å². The number of hydrogen-bond acceptors (Lipinski definition) is 5. The van der Waals surface area contributed by atoms with Gasteiger partial charge in [-0.3, -0.25) is 9.59 Å². The van der Waals surface area contributed by atoms with Gasteiger partial charge in [0.1, 0.15) is 11.6 Å². The number of Topliss-reactive ketones (excluding diaryl/α,β-unsaturated/α-hetero) is 2. The third kappa shape index (κ3) is 32.4. The molecule has 0 saturated heterocycles. The van der Waals surface area contributed by atoms with E-state index in [9.17, 15) is 9.59 Å². The molecule has 1 fully saturated rings. The zero-order valence-corrected chi connectivity index (χ0v) is 52.5. The lowest BCUT2D eigenvalue weighted by Crippen LogP contribution is -2.30. The average molecular weight is 1060 g/mol. The van der Waals surface area contributed by atoms with Crippen LogP contribution >= 0.6 is 21.6 Å². The molecular formula is C68H129NO2S2. The first kappa shape index (κ1) is 68.8. The summed E-state index contributed by atoms with van der Waals surface area (Å²) in [5.74, 6) is 10.6. The fourth-order valence-electron chi connectivity index (χ4n) is 13.8. The van der Waals surface area contributed by atoms with Crippen molar-refractivity contribution in [3.63, 3.8) is 0 Å². The molecule has 12 atom stereocenters. The number of rotatable bonds is 39. The molecule has 2 rings (SSSR count). The number of nitrogens with two attached hydrogens (primary N) is 1. The highest BCUT2D eigenvalue weighted by Crippen LogP contribution is 2.40. The smallest absolute Gasteiger partial charge is 0.147 e. The maximum atomic E-state index is 13.1. The zero-order valence-electron chi connectivity index (χ0n) is 50.9. The molecule has 0 aromatic heterocycles. The van der Waals surface area contributed by atoms with Gasteiger partial charge in [-0.15, -0.1) is 0 Å². The highest BCUT2D eigenvalue weighted by Gasteiger charge is 2.27. The van der Waals surface area contributed by atoms with E-state index in [2.05, 4.69) is 68.4 Å². The minimum atomic E-state index is -0.399. The van der Waals surface area contributed by atoms with Crippen LogP contribution in [0.25, 0.3) is 0 Å². The van der Waals surface area contributed by atoms with Crippen LogP contribution in [0, 0.1) is 65.1 Å². The minimum Gasteiger partial charge on any atom is -0.321 e. The highest BCUT2D eigenvalue weighted by molar-refractivity contribution is 8.76. The molecule has 0 aromatic carbocycles. The molecule has 1 saturated carbocycles.